The normalized spacial score (nSPS) is 27.0. The largest absolute Gasteiger partial charge is 0.481 e. The van der Waals surface area contributed by atoms with Crippen LogP contribution in [0.1, 0.15) is 64.2 Å². The molecule has 146 valence electrons. The van der Waals surface area contributed by atoms with Gasteiger partial charge in [0, 0.05) is 30.6 Å². The van der Waals surface area contributed by atoms with Crippen molar-refractivity contribution in [3.8, 4) is 0 Å². The van der Waals surface area contributed by atoms with Crippen LogP contribution in [0.15, 0.2) is 36.0 Å². The number of hydrogen-bond donors (Lipinski definition) is 1. The number of thioether (sulfide) groups is 1. The monoisotopic (exact) mass is 378 g/mol. The Morgan fingerprint density at radius 2 is 2.23 bits per heavy atom. The summed E-state index contributed by atoms with van der Waals surface area (Å²) in [6, 6.07) is 0. The quantitative estimate of drug-likeness (QED) is 0.387. The number of hydrogen-bond acceptors (Lipinski definition) is 3. The van der Waals surface area contributed by atoms with E-state index in [0.29, 0.717) is 22.8 Å². The summed E-state index contributed by atoms with van der Waals surface area (Å²) in [6.45, 7) is 4.68. The van der Waals surface area contributed by atoms with Crippen LogP contribution < -0.4 is 0 Å². The van der Waals surface area contributed by atoms with E-state index in [2.05, 4.69) is 30.5 Å². The minimum atomic E-state index is -0.640. The number of allylic oxidation sites excluding steroid dienone is 5. The van der Waals surface area contributed by atoms with Crippen molar-refractivity contribution >= 4 is 17.7 Å². The summed E-state index contributed by atoms with van der Waals surface area (Å²) >= 11 is 2.13. The van der Waals surface area contributed by atoms with Gasteiger partial charge in [-0.1, -0.05) is 31.2 Å². The van der Waals surface area contributed by atoms with Gasteiger partial charge in [-0.05, 0) is 68.4 Å². The maximum atomic E-state index is 11.0. The molecule has 0 radical (unpaired) electrons. The van der Waals surface area contributed by atoms with Gasteiger partial charge in [0.05, 0.1) is 0 Å². The van der Waals surface area contributed by atoms with Gasteiger partial charge < -0.3 is 9.84 Å². The molecule has 0 heterocycles. The zero-order chi connectivity index (χ0) is 18.8. The Kier molecular flexibility index (Phi) is 9.55. The molecule has 0 spiro atoms. The molecule has 0 aliphatic heterocycles. The number of carboxylic acid groups (broad SMARTS) is 1. The zero-order valence-corrected chi connectivity index (χ0v) is 16.9. The highest BCUT2D eigenvalue weighted by atomic mass is 32.2. The molecular weight excluding hydrogens is 344 g/mol. The smallest absolute Gasteiger partial charge is 0.303 e. The maximum Gasteiger partial charge on any atom is 0.303 e. The lowest BCUT2D eigenvalue weighted by molar-refractivity contribution is -0.138. The SMILES string of the molecule is C=C/C=C(\CCCOC)C1=CCCC(SC2CCCC(CC(=O)O)C2)C1. The molecule has 0 bridgehead atoms. The molecule has 0 amide bonds. The van der Waals surface area contributed by atoms with Gasteiger partial charge in [0.1, 0.15) is 0 Å². The zero-order valence-electron chi connectivity index (χ0n) is 16.1. The van der Waals surface area contributed by atoms with Crippen molar-refractivity contribution in [2.45, 2.75) is 74.7 Å². The third kappa shape index (κ3) is 7.32. The fourth-order valence-electron chi connectivity index (χ4n) is 4.22. The van der Waals surface area contributed by atoms with Crippen molar-refractivity contribution in [1.29, 1.82) is 0 Å². The van der Waals surface area contributed by atoms with Crippen LogP contribution in [-0.2, 0) is 9.53 Å². The van der Waals surface area contributed by atoms with Crippen molar-refractivity contribution in [2.24, 2.45) is 5.92 Å². The Morgan fingerprint density at radius 1 is 1.38 bits per heavy atom. The predicted octanol–water partition coefficient (Wildman–Crippen LogP) is 5.77. The van der Waals surface area contributed by atoms with Gasteiger partial charge in [-0.25, -0.2) is 0 Å². The Bertz CT molecular complexity index is 523. The van der Waals surface area contributed by atoms with Crippen LogP contribution >= 0.6 is 11.8 Å². The summed E-state index contributed by atoms with van der Waals surface area (Å²) in [4.78, 5) is 11.0. The third-order valence-corrected chi connectivity index (χ3v) is 7.04. The highest BCUT2D eigenvalue weighted by Crippen LogP contribution is 2.41. The van der Waals surface area contributed by atoms with E-state index in [1.165, 1.54) is 30.4 Å². The molecule has 1 fully saturated rings. The van der Waals surface area contributed by atoms with E-state index in [0.717, 1.165) is 45.1 Å². The Morgan fingerprint density at radius 3 is 2.96 bits per heavy atom. The van der Waals surface area contributed by atoms with Crippen molar-refractivity contribution in [2.75, 3.05) is 13.7 Å². The number of rotatable bonds is 10. The van der Waals surface area contributed by atoms with Crippen LogP contribution in [0, 0.1) is 5.92 Å². The first-order valence-corrected chi connectivity index (χ1v) is 10.9. The second-order valence-corrected chi connectivity index (χ2v) is 9.15. The molecule has 2 rings (SSSR count). The molecule has 1 saturated carbocycles. The average Bonchev–Trinajstić information content (AvgIpc) is 2.61. The van der Waals surface area contributed by atoms with E-state index in [1.807, 2.05) is 6.08 Å². The van der Waals surface area contributed by atoms with Crippen LogP contribution in [0.4, 0.5) is 0 Å². The molecule has 3 atom stereocenters. The highest BCUT2D eigenvalue weighted by Gasteiger charge is 2.27. The number of carbonyl (C=O) groups is 1. The topological polar surface area (TPSA) is 46.5 Å². The van der Waals surface area contributed by atoms with Gasteiger partial charge in [-0.2, -0.15) is 11.8 Å². The Labute approximate surface area is 163 Å². The van der Waals surface area contributed by atoms with E-state index >= 15 is 0 Å². The predicted molar refractivity (Wildman–Crippen MR) is 111 cm³/mol. The lowest BCUT2D eigenvalue weighted by atomic mass is 9.86. The lowest BCUT2D eigenvalue weighted by Gasteiger charge is -2.32. The van der Waals surface area contributed by atoms with E-state index in [4.69, 9.17) is 9.84 Å². The summed E-state index contributed by atoms with van der Waals surface area (Å²) in [6.07, 6.45) is 17.0. The molecule has 0 aromatic heterocycles. The van der Waals surface area contributed by atoms with Gasteiger partial charge in [-0.15, -0.1) is 0 Å². The minimum Gasteiger partial charge on any atom is -0.481 e. The highest BCUT2D eigenvalue weighted by molar-refractivity contribution is 8.00. The van der Waals surface area contributed by atoms with Crippen molar-refractivity contribution in [3.63, 3.8) is 0 Å². The molecule has 0 aromatic rings. The summed E-state index contributed by atoms with van der Waals surface area (Å²) in [5.41, 5.74) is 2.90. The molecular formula is C22H34O3S. The summed E-state index contributed by atoms with van der Waals surface area (Å²) < 4.78 is 5.20. The van der Waals surface area contributed by atoms with Crippen LogP contribution in [-0.4, -0.2) is 35.3 Å². The van der Waals surface area contributed by atoms with E-state index < -0.39 is 5.97 Å². The molecule has 1 N–H and O–H groups in total. The summed E-state index contributed by atoms with van der Waals surface area (Å²) in [5.74, 6) is -0.263. The number of carboxylic acids is 1. The third-order valence-electron chi connectivity index (χ3n) is 5.44. The number of methoxy groups -OCH3 is 1. The molecule has 3 unspecified atom stereocenters. The first-order valence-electron chi connectivity index (χ1n) is 9.99. The Hall–Kier alpha value is -1.00. The standard InChI is InChI=1S/C22H34O3S/c1-3-7-18(10-6-13-25-2)19-9-5-12-21(16-19)26-20-11-4-8-17(14-20)15-22(23)24/h3,7,9,17,20-21H,1,4-6,8,10-16H2,2H3,(H,23,24)/b18-7+. The van der Waals surface area contributed by atoms with Gasteiger partial charge in [0.15, 0.2) is 0 Å². The molecule has 4 heteroatoms. The summed E-state index contributed by atoms with van der Waals surface area (Å²) in [7, 11) is 1.76. The minimum absolute atomic E-state index is 0.346. The fraction of sp³-hybridized carbons (Fsp3) is 0.682. The van der Waals surface area contributed by atoms with Crippen LogP contribution in [0.5, 0.6) is 0 Å². The molecule has 0 saturated heterocycles. The number of aliphatic carboxylic acids is 1. The first kappa shape index (κ1) is 21.3. The second kappa shape index (κ2) is 11.7. The van der Waals surface area contributed by atoms with E-state index in [-0.39, 0.29) is 0 Å². The molecule has 0 aromatic carbocycles. The lowest BCUT2D eigenvalue weighted by Crippen LogP contribution is -2.23. The van der Waals surface area contributed by atoms with E-state index in [1.54, 1.807) is 7.11 Å². The van der Waals surface area contributed by atoms with Crippen molar-refractivity contribution in [1.82, 2.24) is 0 Å². The van der Waals surface area contributed by atoms with Crippen molar-refractivity contribution < 1.29 is 14.6 Å². The van der Waals surface area contributed by atoms with Gasteiger partial charge in [-0.3, -0.25) is 4.79 Å². The summed E-state index contributed by atoms with van der Waals surface area (Å²) in [5, 5.41) is 10.4. The van der Waals surface area contributed by atoms with Gasteiger partial charge >= 0.3 is 5.97 Å². The number of ether oxygens (including phenoxy) is 1. The maximum absolute atomic E-state index is 11.0. The van der Waals surface area contributed by atoms with Crippen LogP contribution in [0.2, 0.25) is 0 Å². The van der Waals surface area contributed by atoms with Gasteiger partial charge in [0.25, 0.3) is 0 Å². The first-order chi connectivity index (χ1) is 12.6. The molecule has 2 aliphatic carbocycles. The van der Waals surface area contributed by atoms with Crippen LogP contribution in [0.25, 0.3) is 0 Å². The average molecular weight is 379 g/mol. The van der Waals surface area contributed by atoms with Crippen molar-refractivity contribution in [3.05, 3.63) is 36.0 Å². The van der Waals surface area contributed by atoms with Crippen LogP contribution in [0.3, 0.4) is 0 Å². The van der Waals surface area contributed by atoms with Gasteiger partial charge in [0.2, 0.25) is 0 Å². The van der Waals surface area contributed by atoms with E-state index in [9.17, 15) is 4.79 Å². The molecule has 2 aliphatic rings. The molecule has 3 nitrogen and oxygen atoms in total. The second-order valence-electron chi connectivity index (χ2n) is 7.55. The Balaban J connectivity index is 1.88. The molecule has 26 heavy (non-hydrogen) atoms. The fourth-order valence-corrected chi connectivity index (χ4v) is 6.00.